The number of carbonyl (C=O) groups is 3. The molecule has 0 rings (SSSR count). The maximum atomic E-state index is 10.4. The Morgan fingerprint density at radius 3 is 1.22 bits per heavy atom. The van der Waals surface area contributed by atoms with Crippen molar-refractivity contribution in [1.29, 1.82) is 0 Å². The smallest absolute Gasteiger partial charge is 0.332 e. The fourth-order valence-corrected chi connectivity index (χ4v) is 1.61. The average Bonchev–Trinajstić information content (AvgIpc) is 2.54. The van der Waals surface area contributed by atoms with Crippen LogP contribution < -0.4 is 5.73 Å². The molecule has 6 N–H and O–H groups in total. The van der Waals surface area contributed by atoms with Crippen molar-refractivity contribution in [2.24, 2.45) is 5.73 Å². The molecule has 2 atom stereocenters. The third-order valence-electron chi connectivity index (χ3n) is 3.24. The largest absolute Gasteiger partial charge is 0.479 e. The van der Waals surface area contributed by atoms with E-state index in [1.165, 1.54) is 58.8 Å². The minimum Gasteiger partial charge on any atom is -0.479 e. The first-order valence-corrected chi connectivity index (χ1v) is 9.16. The van der Waals surface area contributed by atoms with E-state index in [1.54, 1.807) is 0 Å². The van der Waals surface area contributed by atoms with Gasteiger partial charge < -0.3 is 26.2 Å². The number of aliphatic carboxylic acids is 2. The molecule has 0 heterocycles. The number of carboxylic acids is 2. The Hall–Kier alpha value is -0.670. The third kappa shape index (κ3) is 41.0. The van der Waals surface area contributed by atoms with Crippen LogP contribution in [0.3, 0.4) is 0 Å². The summed E-state index contributed by atoms with van der Waals surface area (Å²) in [4.78, 5) is 29.3. The van der Waals surface area contributed by atoms with Gasteiger partial charge in [-0.2, -0.15) is 0 Å². The molecule has 0 fully saturated rings. The molecule has 0 aromatic carbocycles. The molecular formula is C18H37NNaO7. The Morgan fingerprint density at radius 1 is 0.741 bits per heavy atom. The Balaban J connectivity index is -0.000000170. The van der Waals surface area contributed by atoms with Crippen LogP contribution in [-0.4, -0.2) is 80.0 Å². The third-order valence-corrected chi connectivity index (χ3v) is 3.24. The summed E-state index contributed by atoms with van der Waals surface area (Å²) in [5.41, 5.74) is 5.05. The molecule has 0 saturated carbocycles. The maximum absolute atomic E-state index is 10.4. The molecule has 0 aromatic heterocycles. The van der Waals surface area contributed by atoms with Crippen molar-refractivity contribution in [3.63, 3.8) is 0 Å². The van der Waals surface area contributed by atoms with Crippen molar-refractivity contribution in [2.75, 3.05) is 0 Å². The first kappa shape index (κ1) is 33.9. The van der Waals surface area contributed by atoms with Gasteiger partial charge in [0, 0.05) is 36.0 Å². The van der Waals surface area contributed by atoms with E-state index in [-0.39, 0.29) is 35.5 Å². The number of rotatable bonds is 12. The predicted molar refractivity (Wildman–Crippen MR) is 105 cm³/mol. The van der Waals surface area contributed by atoms with Crippen molar-refractivity contribution in [3.8, 4) is 0 Å². The van der Waals surface area contributed by atoms with E-state index in [9.17, 15) is 14.4 Å². The quantitative estimate of drug-likeness (QED) is 0.246. The van der Waals surface area contributed by atoms with Crippen LogP contribution in [0.2, 0.25) is 0 Å². The van der Waals surface area contributed by atoms with Gasteiger partial charge in [0.15, 0.2) is 0 Å². The Kier molecular flexibility index (Phi) is 31.8. The number of unbranched alkanes of at least 4 members (excludes halogenated alkanes) is 8. The molecule has 0 aromatic rings. The molecule has 0 saturated heterocycles. The number of hydrogen-bond acceptors (Lipinski definition) is 5. The molecule has 2 unspecified atom stereocenters. The van der Waals surface area contributed by atoms with E-state index in [0.29, 0.717) is 6.42 Å². The summed E-state index contributed by atoms with van der Waals surface area (Å²) < 4.78 is 0. The molecule has 0 aliphatic rings. The zero-order valence-corrected chi connectivity index (χ0v) is 19.3. The maximum Gasteiger partial charge on any atom is 0.332 e. The van der Waals surface area contributed by atoms with Crippen LogP contribution in [-0.2, 0) is 14.4 Å². The number of nitrogens with two attached hydrogens (primary N) is 1. The molecule has 0 bridgehead atoms. The summed E-state index contributed by atoms with van der Waals surface area (Å²) in [7, 11) is 0. The first-order valence-electron chi connectivity index (χ1n) is 9.16. The van der Waals surface area contributed by atoms with Crippen LogP contribution in [0.25, 0.3) is 0 Å². The van der Waals surface area contributed by atoms with Gasteiger partial charge in [-0.05, 0) is 20.3 Å². The molecule has 8 nitrogen and oxygen atoms in total. The van der Waals surface area contributed by atoms with Crippen molar-refractivity contribution < 1.29 is 34.8 Å². The normalized spacial score (nSPS) is 11.4. The molecular weight excluding hydrogens is 365 g/mol. The van der Waals surface area contributed by atoms with E-state index < -0.39 is 24.1 Å². The number of hydrogen-bond donors (Lipinski definition) is 5. The van der Waals surface area contributed by atoms with Gasteiger partial charge in [0.25, 0.3) is 0 Å². The minimum absolute atomic E-state index is 0. The summed E-state index contributed by atoms with van der Waals surface area (Å²) in [6.45, 7) is 4.63. The van der Waals surface area contributed by atoms with Gasteiger partial charge in [0.1, 0.15) is 12.2 Å². The zero-order valence-electron chi connectivity index (χ0n) is 17.3. The van der Waals surface area contributed by atoms with E-state index in [2.05, 4.69) is 6.92 Å². The molecule has 9 heteroatoms. The van der Waals surface area contributed by atoms with Crippen molar-refractivity contribution in [1.82, 2.24) is 0 Å². The predicted octanol–water partition coefficient (Wildman–Crippen LogP) is 1.92. The van der Waals surface area contributed by atoms with Gasteiger partial charge in [0.2, 0.25) is 5.91 Å². The van der Waals surface area contributed by atoms with Crippen LogP contribution >= 0.6 is 0 Å². The van der Waals surface area contributed by atoms with Crippen molar-refractivity contribution in [3.05, 3.63) is 0 Å². The van der Waals surface area contributed by atoms with Crippen LogP contribution in [0.1, 0.15) is 85.0 Å². The molecule has 0 spiro atoms. The fourth-order valence-electron chi connectivity index (χ4n) is 1.61. The van der Waals surface area contributed by atoms with Crippen molar-refractivity contribution in [2.45, 2.75) is 97.2 Å². The summed E-state index contributed by atoms with van der Waals surface area (Å²) >= 11 is 0. The second kappa shape index (κ2) is 25.3. The molecule has 1 radical (unpaired) electrons. The molecule has 1 amide bonds. The van der Waals surface area contributed by atoms with Crippen LogP contribution in [0, 0.1) is 0 Å². The number of aliphatic hydroxyl groups excluding tert-OH is 2. The summed E-state index contributed by atoms with van der Waals surface area (Å²) in [6.07, 6.45) is 9.65. The molecule has 27 heavy (non-hydrogen) atoms. The van der Waals surface area contributed by atoms with E-state index >= 15 is 0 Å². The minimum atomic E-state index is -1.23. The summed E-state index contributed by atoms with van der Waals surface area (Å²) in [5.74, 6) is -2.53. The zero-order chi connectivity index (χ0) is 21.0. The average molecular weight is 402 g/mol. The van der Waals surface area contributed by atoms with Crippen LogP contribution in [0.15, 0.2) is 0 Å². The second-order valence-corrected chi connectivity index (χ2v) is 6.07. The first-order chi connectivity index (χ1) is 12.1. The number of carbonyl (C=O) groups excluding carboxylic acids is 1. The topological polar surface area (TPSA) is 158 Å². The number of carboxylic acid groups (broad SMARTS) is 2. The van der Waals surface area contributed by atoms with Gasteiger partial charge in [-0.3, -0.25) is 4.79 Å². The summed E-state index contributed by atoms with van der Waals surface area (Å²) in [6, 6.07) is 0. The van der Waals surface area contributed by atoms with Crippen LogP contribution in [0.5, 0.6) is 0 Å². The monoisotopic (exact) mass is 402 g/mol. The molecule has 157 valence electrons. The van der Waals surface area contributed by atoms with E-state index in [1.807, 2.05) is 0 Å². The van der Waals surface area contributed by atoms with Gasteiger partial charge in [-0.1, -0.05) is 58.3 Å². The van der Waals surface area contributed by atoms with E-state index in [4.69, 9.17) is 26.2 Å². The fraction of sp³-hybridized carbons (Fsp3) is 0.833. The second-order valence-electron chi connectivity index (χ2n) is 6.07. The van der Waals surface area contributed by atoms with E-state index in [0.717, 1.165) is 12.8 Å². The number of primary amides is 1. The number of amides is 1. The Labute approximate surface area is 184 Å². The van der Waals surface area contributed by atoms with Crippen LogP contribution in [0.4, 0.5) is 0 Å². The van der Waals surface area contributed by atoms with Gasteiger partial charge in [0.05, 0.1) is 0 Å². The van der Waals surface area contributed by atoms with Gasteiger partial charge in [-0.15, -0.1) is 0 Å². The SMILES string of the molecule is CC(O)C(=O)O.CC(O)C(=O)O.CCCCCCCCCCCC(N)=O.[Na]. The molecule has 0 aliphatic heterocycles. The standard InChI is InChI=1S/C12H25NO.2C3H6O3.Na/c1-2-3-4-5-6-7-8-9-10-11-12(13)14;2*1-2(4)3(5)6;/h2-11H2,1H3,(H2,13,14);2*2,4H,1H3,(H,5,6);. The Bertz CT molecular complexity index is 346. The number of aliphatic hydroxyl groups is 2. The van der Waals surface area contributed by atoms with Gasteiger partial charge in [-0.25, -0.2) is 9.59 Å². The van der Waals surface area contributed by atoms with Gasteiger partial charge >= 0.3 is 11.9 Å². The Morgan fingerprint density at radius 2 is 1.00 bits per heavy atom. The molecule has 0 aliphatic carbocycles. The van der Waals surface area contributed by atoms with Crippen molar-refractivity contribution >= 4 is 47.4 Å². The summed E-state index contributed by atoms with van der Waals surface area (Å²) in [5, 5.41) is 31.5.